The molecule has 0 amide bonds. The summed E-state index contributed by atoms with van der Waals surface area (Å²) in [6.07, 6.45) is 9.33. The standard InChI is InChI=1S/C31H26O2/c1-20-17-29-27-14-13-22-8-3-5-12-25(22)26(27)15-16-28(29)30(18-20)33-31(32)19-23-10-6-9-21-7-2-4-11-24(21)23/h2,4-7,9-12,15-18H,3,8,13-14,19H2,1H3. The molecule has 0 radical (unpaired) electrons. The molecule has 2 aliphatic rings. The van der Waals surface area contributed by atoms with Crippen molar-refractivity contribution >= 4 is 33.1 Å². The Morgan fingerprint density at radius 3 is 2.70 bits per heavy atom. The fourth-order valence-corrected chi connectivity index (χ4v) is 5.49. The lowest BCUT2D eigenvalue weighted by Gasteiger charge is -2.26. The van der Waals surface area contributed by atoms with Gasteiger partial charge in [-0.25, -0.2) is 0 Å². The summed E-state index contributed by atoms with van der Waals surface area (Å²) in [5.41, 5.74) is 7.82. The number of fused-ring (bicyclic) bond motifs is 5. The zero-order chi connectivity index (χ0) is 22.4. The van der Waals surface area contributed by atoms with E-state index in [1.54, 1.807) is 5.57 Å². The Balaban J connectivity index is 1.36. The Morgan fingerprint density at radius 1 is 0.879 bits per heavy atom. The predicted octanol–water partition coefficient (Wildman–Crippen LogP) is 7.50. The van der Waals surface area contributed by atoms with Crippen LogP contribution in [0.25, 0.3) is 27.1 Å². The van der Waals surface area contributed by atoms with Crippen molar-refractivity contribution in [2.75, 3.05) is 0 Å². The average molecular weight is 431 g/mol. The summed E-state index contributed by atoms with van der Waals surface area (Å²) < 4.78 is 5.99. The van der Waals surface area contributed by atoms with Gasteiger partial charge in [0, 0.05) is 5.39 Å². The highest BCUT2D eigenvalue weighted by atomic mass is 16.5. The molecule has 0 aliphatic heterocycles. The van der Waals surface area contributed by atoms with E-state index in [1.807, 2.05) is 30.3 Å². The van der Waals surface area contributed by atoms with E-state index in [4.69, 9.17) is 4.74 Å². The molecule has 0 aromatic heterocycles. The van der Waals surface area contributed by atoms with Crippen molar-refractivity contribution in [1.29, 1.82) is 0 Å². The third kappa shape index (κ3) is 3.56. The summed E-state index contributed by atoms with van der Waals surface area (Å²) in [5.74, 6) is 0.438. The number of hydrogen-bond acceptors (Lipinski definition) is 2. The minimum atomic E-state index is -0.226. The average Bonchev–Trinajstić information content (AvgIpc) is 2.84. The van der Waals surface area contributed by atoms with Crippen LogP contribution in [0.15, 0.2) is 84.5 Å². The van der Waals surface area contributed by atoms with Crippen LogP contribution < -0.4 is 4.74 Å². The Labute approximate surface area is 194 Å². The second-order valence-corrected chi connectivity index (χ2v) is 9.20. The van der Waals surface area contributed by atoms with Gasteiger partial charge in [0.1, 0.15) is 5.75 Å². The summed E-state index contributed by atoms with van der Waals surface area (Å²) in [7, 11) is 0. The highest BCUT2D eigenvalue weighted by Gasteiger charge is 2.22. The number of esters is 1. The number of carbonyl (C=O) groups is 1. The Bertz CT molecular complexity index is 1480. The van der Waals surface area contributed by atoms with E-state index in [-0.39, 0.29) is 12.4 Å². The summed E-state index contributed by atoms with van der Waals surface area (Å²) >= 11 is 0. The first-order valence-electron chi connectivity index (χ1n) is 11.8. The number of benzene rings is 4. The maximum Gasteiger partial charge on any atom is 0.315 e. The van der Waals surface area contributed by atoms with E-state index in [9.17, 15) is 4.79 Å². The van der Waals surface area contributed by atoms with Gasteiger partial charge in [-0.2, -0.15) is 0 Å². The van der Waals surface area contributed by atoms with Crippen molar-refractivity contribution in [3.8, 4) is 5.75 Å². The number of carbonyl (C=O) groups excluding carboxylic acids is 1. The lowest BCUT2D eigenvalue weighted by molar-refractivity contribution is -0.133. The molecule has 0 atom stereocenters. The van der Waals surface area contributed by atoms with E-state index >= 15 is 0 Å². The fourth-order valence-electron chi connectivity index (χ4n) is 5.49. The van der Waals surface area contributed by atoms with Crippen molar-refractivity contribution in [3.05, 3.63) is 107 Å². The Morgan fingerprint density at radius 2 is 1.76 bits per heavy atom. The van der Waals surface area contributed by atoms with Crippen LogP contribution in [0.3, 0.4) is 0 Å². The second kappa shape index (κ2) is 8.04. The van der Waals surface area contributed by atoms with Gasteiger partial charge in [-0.3, -0.25) is 4.79 Å². The van der Waals surface area contributed by atoms with Crippen LogP contribution in [0.4, 0.5) is 0 Å². The van der Waals surface area contributed by atoms with Crippen molar-refractivity contribution in [2.45, 2.75) is 39.0 Å². The highest BCUT2D eigenvalue weighted by molar-refractivity contribution is 5.98. The third-order valence-electron chi connectivity index (χ3n) is 7.04. The number of aryl methyl sites for hydroxylation is 2. The summed E-state index contributed by atoms with van der Waals surface area (Å²) in [4.78, 5) is 13.0. The first-order chi connectivity index (χ1) is 16.2. The maximum atomic E-state index is 13.0. The van der Waals surface area contributed by atoms with Crippen molar-refractivity contribution in [3.63, 3.8) is 0 Å². The molecule has 0 bridgehead atoms. The molecule has 33 heavy (non-hydrogen) atoms. The first kappa shape index (κ1) is 20.0. The van der Waals surface area contributed by atoms with E-state index in [0.29, 0.717) is 5.75 Å². The van der Waals surface area contributed by atoms with Crippen LogP contribution in [-0.4, -0.2) is 5.97 Å². The van der Waals surface area contributed by atoms with Gasteiger partial charge >= 0.3 is 5.97 Å². The zero-order valence-electron chi connectivity index (χ0n) is 18.9. The van der Waals surface area contributed by atoms with Gasteiger partial charge < -0.3 is 4.74 Å². The molecule has 4 aromatic carbocycles. The normalized spacial score (nSPS) is 14.9. The lowest BCUT2D eigenvalue weighted by Crippen LogP contribution is -2.12. The molecule has 2 nitrogen and oxygen atoms in total. The largest absolute Gasteiger partial charge is 0.426 e. The molecule has 0 N–H and O–H groups in total. The van der Waals surface area contributed by atoms with Gasteiger partial charge in [-0.15, -0.1) is 0 Å². The smallest absolute Gasteiger partial charge is 0.315 e. The van der Waals surface area contributed by atoms with Crippen LogP contribution in [0.5, 0.6) is 5.75 Å². The molecule has 2 heteroatoms. The summed E-state index contributed by atoms with van der Waals surface area (Å²) in [5, 5.41) is 4.48. The van der Waals surface area contributed by atoms with Gasteiger partial charge in [0.25, 0.3) is 0 Å². The van der Waals surface area contributed by atoms with E-state index in [0.717, 1.165) is 46.5 Å². The molecule has 162 valence electrons. The van der Waals surface area contributed by atoms with Gasteiger partial charge in [0.05, 0.1) is 6.42 Å². The number of ether oxygens (including phenoxy) is 1. The van der Waals surface area contributed by atoms with Crippen LogP contribution in [0, 0.1) is 6.92 Å². The fraction of sp³-hybridized carbons (Fsp3) is 0.194. The molecule has 0 unspecified atom stereocenters. The van der Waals surface area contributed by atoms with Crippen molar-refractivity contribution in [1.82, 2.24) is 0 Å². The number of hydrogen-bond donors (Lipinski definition) is 0. The first-order valence-corrected chi connectivity index (χ1v) is 11.8. The molecule has 0 spiro atoms. The molecule has 2 aliphatic carbocycles. The van der Waals surface area contributed by atoms with E-state index in [1.165, 1.54) is 28.5 Å². The summed E-state index contributed by atoms with van der Waals surface area (Å²) in [6, 6.07) is 22.8. The zero-order valence-corrected chi connectivity index (χ0v) is 18.9. The quantitative estimate of drug-likeness (QED) is 0.248. The molecule has 0 fully saturated rings. The molecule has 0 heterocycles. The van der Waals surface area contributed by atoms with Crippen LogP contribution in [0.1, 0.15) is 41.5 Å². The minimum absolute atomic E-state index is 0.226. The van der Waals surface area contributed by atoms with Crippen LogP contribution in [0.2, 0.25) is 0 Å². The highest BCUT2D eigenvalue weighted by Crippen LogP contribution is 2.42. The molecular weight excluding hydrogens is 404 g/mol. The minimum Gasteiger partial charge on any atom is -0.426 e. The molecule has 6 rings (SSSR count). The van der Waals surface area contributed by atoms with E-state index < -0.39 is 0 Å². The predicted molar refractivity (Wildman–Crippen MR) is 136 cm³/mol. The van der Waals surface area contributed by atoms with Crippen molar-refractivity contribution < 1.29 is 9.53 Å². The molecule has 4 aromatic rings. The van der Waals surface area contributed by atoms with E-state index in [2.05, 4.69) is 55.5 Å². The van der Waals surface area contributed by atoms with Gasteiger partial charge in [0.2, 0.25) is 0 Å². The van der Waals surface area contributed by atoms with Gasteiger partial charge in [-0.1, -0.05) is 72.3 Å². The van der Waals surface area contributed by atoms with Gasteiger partial charge in [-0.05, 0) is 88.7 Å². The molecule has 0 saturated heterocycles. The van der Waals surface area contributed by atoms with Crippen LogP contribution >= 0.6 is 0 Å². The summed E-state index contributed by atoms with van der Waals surface area (Å²) in [6.45, 7) is 2.08. The Kier molecular flexibility index (Phi) is 4.87. The number of rotatable bonds is 3. The Hall–Kier alpha value is -3.65. The number of allylic oxidation sites excluding steroid dienone is 4. The molecule has 0 saturated carbocycles. The lowest BCUT2D eigenvalue weighted by atomic mass is 9.79. The SMILES string of the molecule is Cc1cc(OC(=O)Cc2cccc3ccccc23)c2ccc3c(c2c1)CCC1=C3C=CCC1. The second-order valence-electron chi connectivity index (χ2n) is 9.20. The monoisotopic (exact) mass is 430 g/mol. The maximum absolute atomic E-state index is 13.0. The third-order valence-corrected chi connectivity index (χ3v) is 7.04. The topological polar surface area (TPSA) is 26.3 Å². The van der Waals surface area contributed by atoms with Crippen molar-refractivity contribution in [2.24, 2.45) is 0 Å². The molecular formula is C31H26O2. The van der Waals surface area contributed by atoms with Crippen LogP contribution in [-0.2, 0) is 17.6 Å². The van der Waals surface area contributed by atoms with Gasteiger partial charge in [0.15, 0.2) is 0 Å².